The fourth-order valence-electron chi connectivity index (χ4n) is 1.97. The van der Waals surface area contributed by atoms with E-state index in [4.69, 9.17) is 0 Å². The van der Waals surface area contributed by atoms with Gasteiger partial charge in [-0.1, -0.05) is 12.1 Å². The Bertz CT molecular complexity index is 702. The minimum atomic E-state index is -4.35. The molecule has 23 heavy (non-hydrogen) atoms. The summed E-state index contributed by atoms with van der Waals surface area (Å²) in [4.78, 5) is 13.4. The van der Waals surface area contributed by atoms with Gasteiger partial charge in [-0.3, -0.25) is 9.48 Å². The third-order valence-corrected chi connectivity index (χ3v) is 3.22. The van der Waals surface area contributed by atoms with Crippen LogP contribution in [-0.2, 0) is 24.6 Å². The number of aryl methyl sites for hydroxylation is 1. The summed E-state index contributed by atoms with van der Waals surface area (Å²) in [5, 5.41) is 3.98. The number of carbonyl (C=O) groups excluding carboxylic acids is 1. The zero-order chi connectivity index (χ0) is 17.0. The highest BCUT2D eigenvalue weighted by Crippen LogP contribution is 2.29. The smallest absolute Gasteiger partial charge is 0.338 e. The number of benzene rings is 1. The van der Waals surface area contributed by atoms with E-state index in [-0.39, 0.29) is 12.5 Å². The molecule has 0 bridgehead atoms. The largest absolute Gasteiger partial charge is 0.416 e. The Balaban J connectivity index is 1.96. The second-order valence-corrected chi connectivity index (χ2v) is 5.17. The summed E-state index contributed by atoms with van der Waals surface area (Å²) in [6.45, 7) is 0.231. The predicted octanol–water partition coefficient (Wildman–Crippen LogP) is 3.11. The van der Waals surface area contributed by atoms with Gasteiger partial charge >= 0.3 is 6.18 Å². The van der Waals surface area contributed by atoms with Gasteiger partial charge in [0.2, 0.25) is 5.91 Å². The first kappa shape index (κ1) is 16.8. The SMILES string of the molecule is CN(Cc1ccc(C(F)(F)F)cc1)C(=O)C=Cc1cnn(C)c1. The number of carbonyl (C=O) groups is 1. The highest BCUT2D eigenvalue weighted by Gasteiger charge is 2.29. The van der Waals surface area contributed by atoms with Crippen LogP contribution in [0, 0.1) is 0 Å². The van der Waals surface area contributed by atoms with Crippen LogP contribution in [0.3, 0.4) is 0 Å². The average molecular weight is 323 g/mol. The van der Waals surface area contributed by atoms with Crippen molar-refractivity contribution in [3.63, 3.8) is 0 Å². The quantitative estimate of drug-likeness (QED) is 0.811. The van der Waals surface area contributed by atoms with E-state index >= 15 is 0 Å². The number of amides is 1. The molecule has 1 aromatic heterocycles. The standard InChI is InChI=1S/C16H16F3N3O/c1-21(15(23)8-5-13-9-20-22(2)11-13)10-12-3-6-14(7-4-12)16(17,18)19/h3-9,11H,10H2,1-2H3. The lowest BCUT2D eigenvalue weighted by Crippen LogP contribution is -2.24. The minimum absolute atomic E-state index is 0.231. The number of halogens is 3. The molecule has 0 N–H and O–H groups in total. The summed E-state index contributed by atoms with van der Waals surface area (Å²) < 4.78 is 39.1. The van der Waals surface area contributed by atoms with Crippen LogP contribution in [0.25, 0.3) is 6.08 Å². The monoisotopic (exact) mass is 323 g/mol. The maximum Gasteiger partial charge on any atom is 0.416 e. The van der Waals surface area contributed by atoms with Crippen LogP contribution in [0.1, 0.15) is 16.7 Å². The Morgan fingerprint density at radius 2 is 1.96 bits per heavy atom. The van der Waals surface area contributed by atoms with Crippen molar-refractivity contribution < 1.29 is 18.0 Å². The molecule has 0 unspecified atom stereocenters. The maximum absolute atomic E-state index is 12.5. The number of aromatic nitrogens is 2. The van der Waals surface area contributed by atoms with Gasteiger partial charge in [-0.25, -0.2) is 0 Å². The van der Waals surface area contributed by atoms with Gasteiger partial charge in [0.1, 0.15) is 0 Å². The number of hydrogen-bond acceptors (Lipinski definition) is 2. The second kappa shape index (κ2) is 6.68. The van der Waals surface area contributed by atoms with Gasteiger partial charge in [0.05, 0.1) is 11.8 Å². The van der Waals surface area contributed by atoms with Crippen molar-refractivity contribution >= 4 is 12.0 Å². The molecule has 0 radical (unpaired) electrons. The van der Waals surface area contributed by atoms with E-state index < -0.39 is 11.7 Å². The first-order valence-corrected chi connectivity index (χ1v) is 6.83. The molecule has 0 aliphatic rings. The highest BCUT2D eigenvalue weighted by molar-refractivity contribution is 5.91. The van der Waals surface area contributed by atoms with Crippen molar-refractivity contribution in [1.82, 2.24) is 14.7 Å². The van der Waals surface area contributed by atoms with Crippen molar-refractivity contribution in [2.45, 2.75) is 12.7 Å². The summed E-state index contributed by atoms with van der Waals surface area (Å²) >= 11 is 0. The molecule has 0 saturated heterocycles. The molecule has 4 nitrogen and oxygen atoms in total. The van der Waals surface area contributed by atoms with Gasteiger partial charge in [-0.05, 0) is 23.8 Å². The normalized spacial score (nSPS) is 11.9. The van der Waals surface area contributed by atoms with Crippen LogP contribution in [0.5, 0.6) is 0 Å². The summed E-state index contributed by atoms with van der Waals surface area (Å²) in [6, 6.07) is 4.77. The van der Waals surface area contributed by atoms with E-state index in [1.54, 1.807) is 37.2 Å². The fourth-order valence-corrected chi connectivity index (χ4v) is 1.97. The van der Waals surface area contributed by atoms with E-state index in [9.17, 15) is 18.0 Å². The Labute approximate surface area is 131 Å². The molecule has 0 aliphatic heterocycles. The molecule has 2 aromatic rings. The van der Waals surface area contributed by atoms with Gasteiger partial charge in [0.25, 0.3) is 0 Å². The molecule has 0 atom stereocenters. The first-order chi connectivity index (χ1) is 10.8. The van der Waals surface area contributed by atoms with Crippen LogP contribution in [0.4, 0.5) is 13.2 Å². The lowest BCUT2D eigenvalue weighted by Gasteiger charge is -2.15. The number of hydrogen-bond donors (Lipinski definition) is 0. The molecule has 1 aromatic carbocycles. The van der Waals surface area contributed by atoms with Gasteiger partial charge in [0, 0.05) is 38.5 Å². The summed E-state index contributed by atoms with van der Waals surface area (Å²) in [5.74, 6) is -0.242. The predicted molar refractivity (Wildman–Crippen MR) is 80.2 cm³/mol. The van der Waals surface area contributed by atoms with E-state index in [1.807, 2.05) is 0 Å². The van der Waals surface area contributed by atoms with Crippen molar-refractivity contribution in [2.24, 2.45) is 7.05 Å². The zero-order valence-corrected chi connectivity index (χ0v) is 12.7. The van der Waals surface area contributed by atoms with Gasteiger partial charge in [-0.2, -0.15) is 18.3 Å². The summed E-state index contributed by atoms with van der Waals surface area (Å²) in [6.07, 6.45) is 2.08. The minimum Gasteiger partial charge on any atom is -0.338 e. The highest BCUT2D eigenvalue weighted by atomic mass is 19.4. The molecule has 0 aliphatic carbocycles. The topological polar surface area (TPSA) is 38.1 Å². The van der Waals surface area contributed by atoms with Crippen molar-refractivity contribution in [3.8, 4) is 0 Å². The molecule has 1 amide bonds. The van der Waals surface area contributed by atoms with E-state index in [0.29, 0.717) is 5.56 Å². The molecule has 0 spiro atoms. The van der Waals surface area contributed by atoms with Gasteiger partial charge in [0.15, 0.2) is 0 Å². The number of alkyl halides is 3. The van der Waals surface area contributed by atoms with Crippen molar-refractivity contribution in [3.05, 3.63) is 59.4 Å². The lowest BCUT2D eigenvalue weighted by molar-refractivity contribution is -0.137. The number of rotatable bonds is 4. The molecule has 7 heteroatoms. The molecule has 0 saturated carbocycles. The summed E-state index contributed by atoms with van der Waals surface area (Å²) in [7, 11) is 3.36. The zero-order valence-electron chi connectivity index (χ0n) is 12.7. The second-order valence-electron chi connectivity index (χ2n) is 5.17. The van der Waals surface area contributed by atoms with Crippen molar-refractivity contribution in [2.75, 3.05) is 7.05 Å². The first-order valence-electron chi connectivity index (χ1n) is 6.83. The van der Waals surface area contributed by atoms with Gasteiger partial charge in [-0.15, -0.1) is 0 Å². The van der Waals surface area contributed by atoms with Crippen LogP contribution >= 0.6 is 0 Å². The van der Waals surface area contributed by atoms with E-state index in [1.165, 1.54) is 23.1 Å². The molecule has 1 heterocycles. The molecule has 122 valence electrons. The van der Waals surface area contributed by atoms with Crippen LogP contribution in [0.15, 0.2) is 42.7 Å². The third kappa shape index (κ3) is 4.70. The molecular weight excluding hydrogens is 307 g/mol. The molecular formula is C16H16F3N3O. The Morgan fingerprint density at radius 3 is 2.48 bits per heavy atom. The average Bonchev–Trinajstić information content (AvgIpc) is 2.90. The number of likely N-dealkylation sites (N-methyl/N-ethyl adjacent to an activating group) is 1. The lowest BCUT2D eigenvalue weighted by atomic mass is 10.1. The number of nitrogens with zero attached hydrogens (tertiary/aromatic N) is 3. The van der Waals surface area contributed by atoms with Gasteiger partial charge < -0.3 is 4.90 Å². The summed E-state index contributed by atoms with van der Waals surface area (Å²) in [5.41, 5.74) is 0.721. The third-order valence-electron chi connectivity index (χ3n) is 3.22. The fraction of sp³-hybridized carbons (Fsp3) is 0.250. The van der Waals surface area contributed by atoms with Crippen molar-refractivity contribution in [1.29, 1.82) is 0 Å². The molecule has 2 rings (SSSR count). The van der Waals surface area contributed by atoms with Crippen LogP contribution < -0.4 is 0 Å². The van der Waals surface area contributed by atoms with E-state index in [2.05, 4.69) is 5.10 Å². The Kier molecular flexibility index (Phi) is 4.88. The Hall–Kier alpha value is -2.57. The van der Waals surface area contributed by atoms with Crippen LogP contribution in [-0.4, -0.2) is 27.6 Å². The van der Waals surface area contributed by atoms with E-state index in [0.717, 1.165) is 17.7 Å². The molecule has 0 fully saturated rings. The maximum atomic E-state index is 12.5. The Morgan fingerprint density at radius 1 is 1.30 bits per heavy atom. The van der Waals surface area contributed by atoms with Crippen LogP contribution in [0.2, 0.25) is 0 Å².